The van der Waals surface area contributed by atoms with Gasteiger partial charge >= 0.3 is 0 Å². The Morgan fingerprint density at radius 1 is 1.67 bits per heavy atom. The highest BCUT2D eigenvalue weighted by atomic mass is 16.5. The summed E-state index contributed by atoms with van der Waals surface area (Å²) in [7, 11) is 0. The van der Waals surface area contributed by atoms with Gasteiger partial charge in [-0.05, 0) is 0 Å². The summed E-state index contributed by atoms with van der Waals surface area (Å²) in [6.45, 7) is 6.33. The molecule has 0 unspecified atom stereocenters. The zero-order chi connectivity index (χ0) is 6.53. The van der Waals surface area contributed by atoms with Crippen molar-refractivity contribution in [2.45, 2.75) is 0 Å². The number of hydrogen-bond acceptors (Lipinski definition) is 3. The van der Waals surface area contributed by atoms with Gasteiger partial charge in [-0.25, -0.2) is 0 Å². The van der Waals surface area contributed by atoms with Gasteiger partial charge in [-0.15, -0.1) is 0 Å². The number of hydrogen-bond donors (Lipinski definition) is 1. The van der Waals surface area contributed by atoms with Crippen molar-refractivity contribution in [3.05, 3.63) is 6.61 Å². The third-order valence-corrected chi connectivity index (χ3v) is 1.42. The fraction of sp³-hybridized carbons (Fsp3) is 0.833. The van der Waals surface area contributed by atoms with Crippen LogP contribution in [-0.4, -0.2) is 37.7 Å². The van der Waals surface area contributed by atoms with E-state index in [4.69, 9.17) is 10.5 Å². The minimum absolute atomic E-state index is 0.744. The van der Waals surface area contributed by atoms with Crippen LogP contribution in [0.4, 0.5) is 0 Å². The van der Waals surface area contributed by atoms with Crippen LogP contribution in [0.3, 0.4) is 0 Å². The molecule has 1 aliphatic heterocycles. The topological polar surface area (TPSA) is 38.5 Å². The van der Waals surface area contributed by atoms with Crippen molar-refractivity contribution in [2.75, 3.05) is 32.8 Å². The summed E-state index contributed by atoms with van der Waals surface area (Å²) < 4.78 is 5.04. The molecule has 3 heteroatoms. The van der Waals surface area contributed by atoms with Crippen LogP contribution < -0.4 is 5.73 Å². The largest absolute Gasteiger partial charge is 0.329 e. The molecule has 9 heavy (non-hydrogen) atoms. The molecule has 1 rings (SSSR count). The van der Waals surface area contributed by atoms with Crippen LogP contribution >= 0.6 is 0 Å². The van der Waals surface area contributed by atoms with Gasteiger partial charge in [0.05, 0.1) is 0 Å². The lowest BCUT2D eigenvalue weighted by Gasteiger charge is -2.18. The second-order valence-corrected chi connectivity index (χ2v) is 2.13. The van der Waals surface area contributed by atoms with Crippen molar-refractivity contribution in [1.82, 2.24) is 4.90 Å². The van der Waals surface area contributed by atoms with Crippen LogP contribution in [0.15, 0.2) is 0 Å². The molecule has 2 N–H and O–H groups in total. The monoisotopic (exact) mass is 129 g/mol. The van der Waals surface area contributed by atoms with E-state index >= 15 is 0 Å². The summed E-state index contributed by atoms with van der Waals surface area (Å²) in [5, 5.41) is 0. The molecule has 1 fully saturated rings. The molecule has 0 aromatic rings. The first-order valence-corrected chi connectivity index (χ1v) is 3.29. The highest BCUT2D eigenvalue weighted by molar-refractivity contribution is 4.68. The van der Waals surface area contributed by atoms with Crippen molar-refractivity contribution in [2.24, 2.45) is 5.73 Å². The highest BCUT2D eigenvalue weighted by Gasteiger charge is 2.15. The standard InChI is InChI=1S/C6H13N2O/c7-1-2-8-3-5-9-6-4-8/h5H,1-4,6-7H2/q+1. The predicted molar refractivity (Wildman–Crippen MR) is 35.7 cm³/mol. The molecule has 0 aromatic carbocycles. The van der Waals surface area contributed by atoms with Crippen molar-refractivity contribution in [3.8, 4) is 0 Å². The Hall–Kier alpha value is -0.250. The van der Waals surface area contributed by atoms with E-state index in [-0.39, 0.29) is 0 Å². The summed E-state index contributed by atoms with van der Waals surface area (Å²) in [6, 6.07) is 0. The van der Waals surface area contributed by atoms with Gasteiger partial charge in [0, 0.05) is 19.6 Å². The first kappa shape index (κ1) is 6.86. The maximum absolute atomic E-state index is 5.36. The smallest absolute Gasteiger partial charge is 0.242 e. The van der Waals surface area contributed by atoms with Crippen LogP contribution in [0.25, 0.3) is 0 Å². The highest BCUT2D eigenvalue weighted by Crippen LogP contribution is 1.97. The first-order valence-electron chi connectivity index (χ1n) is 3.29. The van der Waals surface area contributed by atoms with E-state index in [2.05, 4.69) is 4.90 Å². The van der Waals surface area contributed by atoms with Gasteiger partial charge in [0.25, 0.3) is 0 Å². The molecule has 0 spiro atoms. The molecule has 0 atom stereocenters. The van der Waals surface area contributed by atoms with E-state index < -0.39 is 0 Å². The number of morpholine rings is 1. The van der Waals surface area contributed by atoms with Crippen molar-refractivity contribution in [3.63, 3.8) is 0 Å². The molecule has 0 aliphatic carbocycles. The van der Waals surface area contributed by atoms with E-state index in [0.717, 1.165) is 32.8 Å². The third-order valence-electron chi connectivity index (χ3n) is 1.42. The summed E-state index contributed by atoms with van der Waals surface area (Å²) in [5.41, 5.74) is 5.36. The van der Waals surface area contributed by atoms with Gasteiger partial charge in [-0.3, -0.25) is 4.90 Å². The Morgan fingerprint density at radius 2 is 2.56 bits per heavy atom. The summed E-state index contributed by atoms with van der Waals surface area (Å²) >= 11 is 0. The lowest BCUT2D eigenvalue weighted by Crippen LogP contribution is -2.37. The summed E-state index contributed by atoms with van der Waals surface area (Å²) in [6.07, 6.45) is 0. The molecular formula is C6H13N2O+. The molecule has 3 nitrogen and oxygen atoms in total. The van der Waals surface area contributed by atoms with Crippen molar-refractivity contribution < 1.29 is 4.74 Å². The van der Waals surface area contributed by atoms with Crippen molar-refractivity contribution in [1.29, 1.82) is 0 Å². The number of nitrogens with zero attached hydrogens (tertiary/aromatic N) is 1. The average Bonchev–Trinajstić information content (AvgIpc) is 1.91. The van der Waals surface area contributed by atoms with Gasteiger partial charge in [0.2, 0.25) is 6.61 Å². The second kappa shape index (κ2) is 3.71. The SMILES string of the molecule is NCCN1C[CH+]OCC1. The zero-order valence-electron chi connectivity index (χ0n) is 5.55. The van der Waals surface area contributed by atoms with Crippen LogP contribution in [0.1, 0.15) is 0 Å². The predicted octanol–water partition coefficient (Wildman–Crippen LogP) is -0.561. The summed E-state index contributed by atoms with van der Waals surface area (Å²) in [5.74, 6) is 0. The Bertz CT molecular complexity index is 68.7. The minimum atomic E-state index is 0.744. The van der Waals surface area contributed by atoms with Crippen LogP contribution in [0.5, 0.6) is 0 Å². The van der Waals surface area contributed by atoms with Gasteiger partial charge in [-0.1, -0.05) is 0 Å². The molecule has 1 heterocycles. The lowest BCUT2D eigenvalue weighted by molar-refractivity contribution is 0.0872. The Labute approximate surface area is 55.8 Å². The zero-order valence-corrected chi connectivity index (χ0v) is 5.55. The van der Waals surface area contributed by atoms with Gasteiger partial charge in [0.1, 0.15) is 6.61 Å². The fourth-order valence-electron chi connectivity index (χ4n) is 0.900. The van der Waals surface area contributed by atoms with Gasteiger partial charge < -0.3 is 5.73 Å². The Kier molecular flexibility index (Phi) is 2.83. The molecule has 0 saturated carbocycles. The third kappa shape index (κ3) is 2.22. The second-order valence-electron chi connectivity index (χ2n) is 2.13. The molecule has 1 aliphatic rings. The van der Waals surface area contributed by atoms with Gasteiger partial charge in [-0.2, -0.15) is 4.74 Å². The maximum atomic E-state index is 5.36. The van der Waals surface area contributed by atoms with Crippen LogP contribution in [0.2, 0.25) is 0 Å². The molecule has 0 aromatic heterocycles. The van der Waals surface area contributed by atoms with E-state index in [9.17, 15) is 0 Å². The molecule has 0 amide bonds. The maximum Gasteiger partial charge on any atom is 0.242 e. The quantitative estimate of drug-likeness (QED) is 0.508. The van der Waals surface area contributed by atoms with E-state index in [1.807, 2.05) is 6.61 Å². The van der Waals surface area contributed by atoms with Crippen LogP contribution in [-0.2, 0) is 4.74 Å². The first-order chi connectivity index (χ1) is 4.43. The number of rotatable bonds is 2. The molecule has 0 bridgehead atoms. The molecule has 1 saturated heterocycles. The fourth-order valence-corrected chi connectivity index (χ4v) is 0.900. The van der Waals surface area contributed by atoms with E-state index in [1.165, 1.54) is 0 Å². The van der Waals surface area contributed by atoms with E-state index in [0.29, 0.717) is 0 Å². The van der Waals surface area contributed by atoms with E-state index in [1.54, 1.807) is 0 Å². The number of nitrogens with two attached hydrogens (primary N) is 1. The van der Waals surface area contributed by atoms with Crippen molar-refractivity contribution >= 4 is 0 Å². The van der Waals surface area contributed by atoms with Crippen LogP contribution in [0, 0.1) is 6.61 Å². The Morgan fingerprint density at radius 3 is 3.11 bits per heavy atom. The Balaban J connectivity index is 2.08. The van der Waals surface area contributed by atoms with Gasteiger partial charge in [0.15, 0.2) is 6.54 Å². The summed E-state index contributed by atoms with van der Waals surface area (Å²) in [4.78, 5) is 2.27. The number of ether oxygens (including phenoxy) is 1. The molecule has 52 valence electrons. The molecular weight excluding hydrogens is 116 g/mol. The minimum Gasteiger partial charge on any atom is -0.329 e. The normalized spacial score (nSPS) is 21.4. The molecule has 0 radical (unpaired) electrons. The lowest BCUT2D eigenvalue weighted by atomic mass is 10.4. The average molecular weight is 129 g/mol.